The van der Waals surface area contributed by atoms with Crippen molar-refractivity contribution >= 4 is 33.2 Å². The topological polar surface area (TPSA) is 148 Å². The zero-order chi connectivity index (χ0) is 28.6. The van der Waals surface area contributed by atoms with E-state index in [-0.39, 0.29) is 29.7 Å². The highest BCUT2D eigenvalue weighted by Gasteiger charge is 2.32. The Morgan fingerprint density at radius 3 is 2.21 bits per heavy atom. The number of rotatable bonds is 13. The summed E-state index contributed by atoms with van der Waals surface area (Å²) in [6.45, 7) is 4.58. The summed E-state index contributed by atoms with van der Waals surface area (Å²) in [6.07, 6.45) is 1.56. The summed E-state index contributed by atoms with van der Waals surface area (Å²) in [5.41, 5.74) is 0.137. The summed E-state index contributed by atoms with van der Waals surface area (Å²) in [5, 5.41) is 14.2. The van der Waals surface area contributed by atoms with Crippen LogP contribution in [0.2, 0.25) is 0 Å². The van der Waals surface area contributed by atoms with E-state index in [1.807, 2.05) is 13.8 Å². The minimum absolute atomic E-state index is 0.00158. The number of non-ortho nitro benzene ring substituents is 1. The first kappa shape index (κ1) is 30.4. The zero-order valence-corrected chi connectivity index (χ0v) is 23.1. The molecule has 0 aliphatic carbocycles. The number of nitrogens with zero attached hydrogens (tertiary/aromatic N) is 3. The molecule has 0 saturated heterocycles. The fraction of sp³-hybridized carbons (Fsp3) is 0.440. The predicted molar refractivity (Wildman–Crippen MR) is 143 cm³/mol. The molecule has 0 bridgehead atoms. The van der Waals surface area contributed by atoms with Crippen LogP contribution in [0, 0.1) is 10.1 Å². The number of ether oxygens (including phenoxy) is 2. The maximum Gasteiger partial charge on any atom is 0.271 e. The number of benzene rings is 2. The van der Waals surface area contributed by atoms with Gasteiger partial charge in [-0.1, -0.05) is 19.1 Å². The molecule has 0 saturated carbocycles. The van der Waals surface area contributed by atoms with Gasteiger partial charge >= 0.3 is 0 Å². The van der Waals surface area contributed by atoms with E-state index in [0.717, 1.165) is 16.6 Å². The maximum atomic E-state index is 13.7. The van der Waals surface area contributed by atoms with Crippen molar-refractivity contribution in [3.63, 3.8) is 0 Å². The van der Waals surface area contributed by atoms with E-state index in [9.17, 15) is 28.1 Å². The second-order valence-electron chi connectivity index (χ2n) is 8.75. The van der Waals surface area contributed by atoms with E-state index < -0.39 is 39.3 Å². The van der Waals surface area contributed by atoms with Crippen molar-refractivity contribution in [2.75, 3.05) is 31.3 Å². The van der Waals surface area contributed by atoms with Gasteiger partial charge in [-0.15, -0.1) is 0 Å². The van der Waals surface area contributed by atoms with Crippen LogP contribution in [0.15, 0.2) is 42.5 Å². The van der Waals surface area contributed by atoms with Crippen molar-refractivity contribution in [3.8, 4) is 11.5 Å². The number of carbonyl (C=O) groups is 2. The highest BCUT2D eigenvalue weighted by molar-refractivity contribution is 7.92. The molecule has 38 heavy (non-hydrogen) atoms. The molecule has 0 heterocycles. The Labute approximate surface area is 222 Å². The van der Waals surface area contributed by atoms with Crippen LogP contribution in [0.25, 0.3) is 0 Å². The van der Waals surface area contributed by atoms with Gasteiger partial charge in [0.25, 0.3) is 5.69 Å². The van der Waals surface area contributed by atoms with Gasteiger partial charge in [0, 0.05) is 24.7 Å². The number of methoxy groups -OCH3 is 2. The number of hydrogen-bond donors (Lipinski definition) is 1. The molecule has 13 heteroatoms. The zero-order valence-electron chi connectivity index (χ0n) is 22.3. The van der Waals surface area contributed by atoms with Gasteiger partial charge in [-0.05, 0) is 44.0 Å². The molecule has 2 unspecified atom stereocenters. The number of carbonyl (C=O) groups excluding carboxylic acids is 2. The Morgan fingerprint density at radius 1 is 1.08 bits per heavy atom. The van der Waals surface area contributed by atoms with E-state index in [0.29, 0.717) is 17.7 Å². The van der Waals surface area contributed by atoms with Crippen LogP contribution < -0.4 is 19.1 Å². The molecule has 2 aromatic carbocycles. The first-order chi connectivity index (χ1) is 17.8. The molecule has 0 fully saturated rings. The smallest absolute Gasteiger partial charge is 0.271 e. The third kappa shape index (κ3) is 7.81. The lowest BCUT2D eigenvalue weighted by Gasteiger charge is -2.32. The minimum Gasteiger partial charge on any atom is -0.497 e. The Hall–Kier alpha value is -3.87. The molecular weight excluding hydrogens is 516 g/mol. The van der Waals surface area contributed by atoms with Gasteiger partial charge in [-0.2, -0.15) is 0 Å². The summed E-state index contributed by atoms with van der Waals surface area (Å²) >= 11 is 0. The van der Waals surface area contributed by atoms with Gasteiger partial charge in [-0.3, -0.25) is 24.0 Å². The highest BCUT2D eigenvalue weighted by atomic mass is 32.2. The average molecular weight is 551 g/mol. The van der Waals surface area contributed by atoms with Crippen molar-refractivity contribution in [2.24, 2.45) is 0 Å². The second kappa shape index (κ2) is 13.1. The molecule has 2 rings (SSSR count). The molecular formula is C25H34N4O8S. The van der Waals surface area contributed by atoms with Gasteiger partial charge in [-0.25, -0.2) is 8.42 Å². The fourth-order valence-electron chi connectivity index (χ4n) is 3.56. The number of nitrogens with one attached hydrogen (secondary N) is 1. The number of nitro benzene ring substituents is 1. The molecule has 2 amide bonds. The summed E-state index contributed by atoms with van der Waals surface area (Å²) < 4.78 is 36.7. The molecule has 0 aromatic heterocycles. The Morgan fingerprint density at radius 2 is 1.71 bits per heavy atom. The van der Waals surface area contributed by atoms with Crippen LogP contribution in [0.4, 0.5) is 11.4 Å². The minimum atomic E-state index is -4.11. The molecule has 208 valence electrons. The summed E-state index contributed by atoms with van der Waals surface area (Å²) in [4.78, 5) is 38.6. The van der Waals surface area contributed by atoms with Crippen LogP contribution in [-0.2, 0) is 26.2 Å². The third-order valence-corrected chi connectivity index (χ3v) is 7.13. The first-order valence-electron chi connectivity index (χ1n) is 11.8. The van der Waals surface area contributed by atoms with Crippen molar-refractivity contribution in [1.29, 1.82) is 0 Å². The molecule has 0 spiro atoms. The summed E-state index contributed by atoms with van der Waals surface area (Å²) in [6, 6.07) is 9.25. The van der Waals surface area contributed by atoms with Gasteiger partial charge in [0.2, 0.25) is 21.8 Å². The SMILES string of the molecule is CCC(C)NC(=O)C(C)N(Cc1ccc(OC)cc1)C(=O)CN(c1cc([N+](=O)[O-])ccc1OC)S(C)(=O)=O. The Balaban J connectivity index is 2.50. The largest absolute Gasteiger partial charge is 0.497 e. The van der Waals surface area contributed by atoms with E-state index in [2.05, 4.69) is 5.32 Å². The normalized spacial score (nSPS) is 12.7. The standard InChI is InChI=1S/C25H34N4O8S/c1-7-17(2)26-25(31)18(3)27(15-19-8-11-21(36-4)12-9-19)24(30)16-28(38(6,34)35)22-14-20(29(32)33)10-13-23(22)37-5/h8-14,17-18H,7,15-16H2,1-6H3,(H,26,31). The lowest BCUT2D eigenvalue weighted by atomic mass is 10.1. The lowest BCUT2D eigenvalue weighted by molar-refractivity contribution is -0.384. The van der Waals surface area contributed by atoms with Crippen molar-refractivity contribution in [3.05, 3.63) is 58.1 Å². The van der Waals surface area contributed by atoms with Gasteiger partial charge < -0.3 is 19.7 Å². The summed E-state index contributed by atoms with van der Waals surface area (Å²) in [7, 11) is -1.30. The van der Waals surface area contributed by atoms with E-state index in [1.54, 1.807) is 31.2 Å². The molecule has 0 aliphatic rings. The number of amides is 2. The van der Waals surface area contributed by atoms with E-state index in [1.165, 1.54) is 31.3 Å². The Bertz CT molecular complexity index is 1250. The second-order valence-corrected chi connectivity index (χ2v) is 10.7. The molecule has 1 N–H and O–H groups in total. The fourth-order valence-corrected chi connectivity index (χ4v) is 4.40. The van der Waals surface area contributed by atoms with Crippen LogP contribution in [0.5, 0.6) is 11.5 Å². The molecule has 0 aliphatic heterocycles. The van der Waals surface area contributed by atoms with Crippen LogP contribution in [-0.4, -0.2) is 69.2 Å². The molecule has 12 nitrogen and oxygen atoms in total. The van der Waals surface area contributed by atoms with Gasteiger partial charge in [0.05, 0.1) is 25.4 Å². The molecule has 0 radical (unpaired) electrons. The Kier molecular flexibility index (Phi) is 10.5. The number of hydrogen-bond acceptors (Lipinski definition) is 8. The van der Waals surface area contributed by atoms with Gasteiger partial charge in [0.15, 0.2) is 0 Å². The monoisotopic (exact) mass is 550 g/mol. The quantitative estimate of drug-likeness (QED) is 0.296. The molecule has 2 aromatic rings. The van der Waals surface area contributed by atoms with Crippen LogP contribution in [0.1, 0.15) is 32.8 Å². The maximum absolute atomic E-state index is 13.7. The number of nitro groups is 1. The van der Waals surface area contributed by atoms with E-state index in [4.69, 9.17) is 9.47 Å². The highest BCUT2D eigenvalue weighted by Crippen LogP contribution is 2.34. The van der Waals surface area contributed by atoms with Gasteiger partial charge in [0.1, 0.15) is 29.8 Å². The number of sulfonamides is 1. The van der Waals surface area contributed by atoms with Crippen molar-refractivity contribution in [1.82, 2.24) is 10.2 Å². The third-order valence-electron chi connectivity index (χ3n) is 6.00. The first-order valence-corrected chi connectivity index (χ1v) is 13.7. The van der Waals surface area contributed by atoms with Crippen molar-refractivity contribution in [2.45, 2.75) is 45.8 Å². The lowest BCUT2D eigenvalue weighted by Crippen LogP contribution is -2.52. The van der Waals surface area contributed by atoms with Crippen LogP contribution >= 0.6 is 0 Å². The summed E-state index contributed by atoms with van der Waals surface area (Å²) in [5.74, 6) is -0.458. The van der Waals surface area contributed by atoms with Crippen molar-refractivity contribution < 1.29 is 32.4 Å². The average Bonchev–Trinajstić information content (AvgIpc) is 2.88. The number of anilines is 1. The molecule has 2 atom stereocenters. The predicted octanol–water partition coefficient (Wildman–Crippen LogP) is 2.71. The van der Waals surface area contributed by atoms with Crippen LogP contribution in [0.3, 0.4) is 0 Å². The van der Waals surface area contributed by atoms with E-state index >= 15 is 0 Å².